The Morgan fingerprint density at radius 3 is 2.41 bits per heavy atom. The molecule has 0 radical (unpaired) electrons. The Kier molecular flexibility index (Phi) is 6.43. The maximum Gasteiger partial charge on any atom is 0.238 e. The predicted molar refractivity (Wildman–Crippen MR) is 119 cm³/mol. The molecule has 0 spiro atoms. The van der Waals surface area contributed by atoms with Gasteiger partial charge in [0.1, 0.15) is 11.5 Å². The van der Waals surface area contributed by atoms with E-state index in [-0.39, 0.29) is 22.8 Å². The van der Waals surface area contributed by atoms with Crippen LogP contribution in [0.1, 0.15) is 30.8 Å². The number of primary sulfonamides is 1. The fraction of sp³-hybridized carbons (Fsp3) is 0.348. The molecule has 0 saturated carbocycles. The van der Waals surface area contributed by atoms with E-state index >= 15 is 0 Å². The molecule has 2 heterocycles. The van der Waals surface area contributed by atoms with Crippen LogP contribution in [-0.4, -0.2) is 48.4 Å². The first kappa shape index (κ1) is 22.6. The SMILES string of the molecule is C[C@@H]1CN(Cc2cc(Cc3ccccc3)n(-c3ccc(S(N)(=O)=O)cc3F)n2)C[C@H](C)O1. The zero-order valence-corrected chi connectivity index (χ0v) is 18.9. The molecular formula is C23H27FN4O3S. The molecule has 9 heteroatoms. The summed E-state index contributed by atoms with van der Waals surface area (Å²) >= 11 is 0. The van der Waals surface area contributed by atoms with Crippen molar-refractivity contribution in [3.05, 3.63) is 77.4 Å². The highest BCUT2D eigenvalue weighted by atomic mass is 32.2. The maximum atomic E-state index is 14.9. The van der Waals surface area contributed by atoms with Crippen LogP contribution in [0.3, 0.4) is 0 Å². The number of rotatable bonds is 6. The van der Waals surface area contributed by atoms with E-state index in [4.69, 9.17) is 9.88 Å². The highest BCUT2D eigenvalue weighted by Gasteiger charge is 2.24. The fourth-order valence-electron chi connectivity index (χ4n) is 4.17. The van der Waals surface area contributed by atoms with Gasteiger partial charge in [0.2, 0.25) is 10.0 Å². The Labute approximate surface area is 187 Å². The Morgan fingerprint density at radius 2 is 1.78 bits per heavy atom. The lowest BCUT2D eigenvalue weighted by Crippen LogP contribution is -2.44. The predicted octanol–water partition coefficient (Wildman–Crippen LogP) is 2.86. The highest BCUT2D eigenvalue weighted by molar-refractivity contribution is 7.89. The topological polar surface area (TPSA) is 90.5 Å². The molecule has 2 N–H and O–H groups in total. The Bertz CT molecular complexity index is 1190. The molecular weight excluding hydrogens is 431 g/mol. The minimum atomic E-state index is -4.00. The van der Waals surface area contributed by atoms with Crippen LogP contribution in [0.5, 0.6) is 0 Å². The molecule has 1 aliphatic rings. The molecule has 0 bridgehead atoms. The molecule has 2 aromatic carbocycles. The van der Waals surface area contributed by atoms with Crippen LogP contribution >= 0.6 is 0 Å². The smallest absolute Gasteiger partial charge is 0.238 e. The lowest BCUT2D eigenvalue weighted by Gasteiger charge is -2.34. The number of ether oxygens (including phenoxy) is 1. The normalized spacial score (nSPS) is 19.9. The van der Waals surface area contributed by atoms with Gasteiger partial charge in [0, 0.05) is 31.7 Å². The molecule has 7 nitrogen and oxygen atoms in total. The van der Waals surface area contributed by atoms with Crippen molar-refractivity contribution in [1.82, 2.24) is 14.7 Å². The second-order valence-corrected chi connectivity index (χ2v) is 9.87. The first-order chi connectivity index (χ1) is 15.2. The van der Waals surface area contributed by atoms with Crippen LogP contribution in [0.15, 0.2) is 59.5 Å². The summed E-state index contributed by atoms with van der Waals surface area (Å²) in [6.45, 7) is 6.30. The number of nitrogens with two attached hydrogens (primary N) is 1. The van der Waals surface area contributed by atoms with Crippen molar-refractivity contribution in [3.8, 4) is 5.69 Å². The number of halogens is 1. The molecule has 1 aliphatic heterocycles. The first-order valence-electron chi connectivity index (χ1n) is 10.5. The van der Waals surface area contributed by atoms with Crippen molar-refractivity contribution < 1.29 is 17.5 Å². The van der Waals surface area contributed by atoms with Gasteiger partial charge in [0.05, 0.1) is 22.8 Å². The van der Waals surface area contributed by atoms with Crippen LogP contribution in [0.25, 0.3) is 5.69 Å². The number of morpholine rings is 1. The van der Waals surface area contributed by atoms with Gasteiger partial charge >= 0.3 is 0 Å². The van der Waals surface area contributed by atoms with E-state index < -0.39 is 15.8 Å². The van der Waals surface area contributed by atoms with Crippen LogP contribution in [0, 0.1) is 5.82 Å². The second-order valence-electron chi connectivity index (χ2n) is 8.31. The van der Waals surface area contributed by atoms with Crippen molar-refractivity contribution in [1.29, 1.82) is 0 Å². The van der Waals surface area contributed by atoms with Crippen LogP contribution in [0.2, 0.25) is 0 Å². The van der Waals surface area contributed by atoms with Crippen molar-refractivity contribution in [3.63, 3.8) is 0 Å². The summed E-state index contributed by atoms with van der Waals surface area (Å²) in [4.78, 5) is 2.00. The third-order valence-electron chi connectivity index (χ3n) is 5.42. The molecule has 0 amide bonds. The Hall–Kier alpha value is -2.59. The van der Waals surface area contributed by atoms with Gasteiger partial charge in [-0.1, -0.05) is 30.3 Å². The first-order valence-corrected chi connectivity index (χ1v) is 12.1. The lowest BCUT2D eigenvalue weighted by molar-refractivity contribution is -0.0707. The third-order valence-corrected chi connectivity index (χ3v) is 6.33. The molecule has 4 rings (SSSR count). The minimum Gasteiger partial charge on any atom is -0.373 e. The highest BCUT2D eigenvalue weighted by Crippen LogP contribution is 2.23. The average molecular weight is 459 g/mol. The fourth-order valence-corrected chi connectivity index (χ4v) is 4.70. The molecule has 32 heavy (non-hydrogen) atoms. The van der Waals surface area contributed by atoms with Crippen LogP contribution in [0.4, 0.5) is 4.39 Å². The van der Waals surface area contributed by atoms with E-state index in [0.29, 0.717) is 13.0 Å². The zero-order valence-electron chi connectivity index (χ0n) is 18.1. The largest absolute Gasteiger partial charge is 0.373 e. The lowest BCUT2D eigenvalue weighted by atomic mass is 10.1. The van der Waals surface area contributed by atoms with Crippen molar-refractivity contribution in [2.45, 2.75) is 43.9 Å². The summed E-state index contributed by atoms with van der Waals surface area (Å²) < 4.78 is 45.5. The van der Waals surface area contributed by atoms with Crippen molar-refractivity contribution >= 4 is 10.0 Å². The Morgan fingerprint density at radius 1 is 1.09 bits per heavy atom. The maximum absolute atomic E-state index is 14.9. The van der Waals surface area contributed by atoms with E-state index in [1.165, 1.54) is 12.1 Å². The number of sulfonamides is 1. The molecule has 1 saturated heterocycles. The molecule has 2 atom stereocenters. The van der Waals surface area contributed by atoms with Gasteiger partial charge in [-0.25, -0.2) is 22.6 Å². The zero-order chi connectivity index (χ0) is 22.9. The van der Waals surface area contributed by atoms with E-state index in [0.717, 1.165) is 36.1 Å². The quantitative estimate of drug-likeness (QED) is 0.614. The summed E-state index contributed by atoms with van der Waals surface area (Å²) in [7, 11) is -4.00. The molecule has 1 aromatic heterocycles. The van der Waals surface area contributed by atoms with Gasteiger partial charge in [-0.05, 0) is 43.7 Å². The summed E-state index contributed by atoms with van der Waals surface area (Å²) in [6.07, 6.45) is 0.820. The number of aromatic nitrogens is 2. The van der Waals surface area contributed by atoms with Gasteiger partial charge < -0.3 is 4.74 Å². The van der Waals surface area contributed by atoms with Gasteiger partial charge in [-0.2, -0.15) is 5.10 Å². The second kappa shape index (κ2) is 9.11. The number of hydrogen-bond donors (Lipinski definition) is 1. The molecule has 0 aliphatic carbocycles. The summed E-state index contributed by atoms with van der Waals surface area (Å²) in [5, 5.41) is 9.83. The summed E-state index contributed by atoms with van der Waals surface area (Å²) in [5.41, 5.74) is 2.86. The number of nitrogens with zero attached hydrogens (tertiary/aromatic N) is 3. The van der Waals surface area contributed by atoms with Crippen molar-refractivity contribution in [2.24, 2.45) is 5.14 Å². The molecule has 1 fully saturated rings. The van der Waals surface area contributed by atoms with Crippen LogP contribution < -0.4 is 5.14 Å². The third kappa shape index (κ3) is 5.24. The summed E-state index contributed by atoms with van der Waals surface area (Å²) in [5.74, 6) is -0.700. The number of hydrogen-bond acceptors (Lipinski definition) is 5. The Balaban J connectivity index is 1.70. The molecule has 0 unspecified atom stereocenters. The van der Waals surface area contributed by atoms with Gasteiger partial charge in [-0.15, -0.1) is 0 Å². The van der Waals surface area contributed by atoms with Gasteiger partial charge in [0.15, 0.2) is 0 Å². The number of benzene rings is 2. The van der Waals surface area contributed by atoms with Gasteiger partial charge in [-0.3, -0.25) is 4.90 Å². The molecule has 170 valence electrons. The van der Waals surface area contributed by atoms with Crippen molar-refractivity contribution in [2.75, 3.05) is 13.1 Å². The van der Waals surface area contributed by atoms with E-state index in [9.17, 15) is 12.8 Å². The van der Waals surface area contributed by atoms with E-state index in [1.807, 2.05) is 50.2 Å². The average Bonchev–Trinajstić information content (AvgIpc) is 3.09. The van der Waals surface area contributed by atoms with E-state index in [2.05, 4.69) is 10.00 Å². The van der Waals surface area contributed by atoms with Gasteiger partial charge in [0.25, 0.3) is 0 Å². The monoisotopic (exact) mass is 458 g/mol. The minimum absolute atomic E-state index is 0.132. The van der Waals surface area contributed by atoms with Crippen LogP contribution in [-0.2, 0) is 27.7 Å². The standard InChI is InChI=1S/C23H27FN4O3S/c1-16-13-27(14-17(2)31-16)15-19-11-20(10-18-6-4-3-5-7-18)28(26-19)23-9-8-21(12-22(23)24)32(25,29)30/h3-9,11-12,16-17H,10,13-15H2,1-2H3,(H2,25,29,30)/t16-,17+. The summed E-state index contributed by atoms with van der Waals surface area (Å²) in [6, 6.07) is 15.5. The molecule has 3 aromatic rings. The van der Waals surface area contributed by atoms with E-state index in [1.54, 1.807) is 4.68 Å².